The fraction of sp³-hybridized carbons (Fsp3) is 0.421. The molecule has 1 aliphatic rings. The van der Waals surface area contributed by atoms with Crippen molar-refractivity contribution < 1.29 is 9.59 Å². The molecule has 0 spiro atoms. The number of hydrogen-bond acceptors (Lipinski definition) is 4. The number of benzene rings is 1. The van der Waals surface area contributed by atoms with E-state index in [1.165, 1.54) is 0 Å². The number of amides is 2. The van der Waals surface area contributed by atoms with Crippen molar-refractivity contribution in [2.24, 2.45) is 0 Å². The smallest absolute Gasteiger partial charge is 0.251 e. The molecule has 0 aliphatic carbocycles. The first kappa shape index (κ1) is 18.1. The first-order valence-electron chi connectivity index (χ1n) is 8.84. The van der Waals surface area contributed by atoms with Crippen LogP contribution in [-0.2, 0) is 16.9 Å². The Balaban J connectivity index is 1.76. The number of hydrogen-bond donors (Lipinski definition) is 2. The summed E-state index contributed by atoms with van der Waals surface area (Å²) < 4.78 is 1.81. The van der Waals surface area contributed by atoms with E-state index in [-0.39, 0.29) is 11.8 Å². The van der Waals surface area contributed by atoms with Crippen molar-refractivity contribution in [2.75, 3.05) is 27.2 Å². The molecule has 7 heteroatoms. The maximum atomic E-state index is 13.3. The van der Waals surface area contributed by atoms with E-state index in [1.807, 2.05) is 31.4 Å². The lowest BCUT2D eigenvalue weighted by molar-refractivity contribution is -0.142. The van der Waals surface area contributed by atoms with Crippen LogP contribution in [0.1, 0.15) is 28.8 Å². The summed E-state index contributed by atoms with van der Waals surface area (Å²) in [6, 6.07) is 9.18. The van der Waals surface area contributed by atoms with Crippen molar-refractivity contribution in [3.05, 3.63) is 53.9 Å². The molecule has 2 amide bonds. The summed E-state index contributed by atoms with van der Waals surface area (Å²) in [4.78, 5) is 26.7. The van der Waals surface area contributed by atoms with Crippen LogP contribution in [0.2, 0.25) is 0 Å². The summed E-state index contributed by atoms with van der Waals surface area (Å²) in [6.07, 6.45) is 5.02. The first-order chi connectivity index (χ1) is 12.6. The molecule has 138 valence electrons. The third kappa shape index (κ3) is 3.48. The average Bonchev–Trinajstić information content (AvgIpc) is 3.23. The van der Waals surface area contributed by atoms with Crippen molar-refractivity contribution in [3.63, 3.8) is 0 Å². The molecule has 0 saturated carbocycles. The Bertz CT molecular complexity index is 749. The van der Waals surface area contributed by atoms with Crippen LogP contribution in [0.15, 0.2) is 42.7 Å². The van der Waals surface area contributed by atoms with E-state index in [0.29, 0.717) is 24.9 Å². The maximum Gasteiger partial charge on any atom is 0.251 e. The minimum atomic E-state index is -0.633. The van der Waals surface area contributed by atoms with Crippen molar-refractivity contribution in [1.29, 1.82) is 0 Å². The lowest BCUT2D eigenvalue weighted by atomic mass is 9.86. The first-order valence-corrected chi connectivity index (χ1v) is 8.84. The number of piperidine rings is 1. The fourth-order valence-electron chi connectivity index (χ4n) is 3.51. The zero-order valence-corrected chi connectivity index (χ0v) is 15.2. The van der Waals surface area contributed by atoms with Gasteiger partial charge < -0.3 is 15.5 Å². The largest absolute Gasteiger partial charge is 0.355 e. The topological polar surface area (TPSA) is 79.3 Å². The van der Waals surface area contributed by atoms with E-state index >= 15 is 0 Å². The molecule has 0 radical (unpaired) electrons. The third-order valence-electron chi connectivity index (χ3n) is 4.98. The van der Waals surface area contributed by atoms with Gasteiger partial charge in [-0.25, -0.2) is 0 Å². The van der Waals surface area contributed by atoms with E-state index in [2.05, 4.69) is 15.7 Å². The summed E-state index contributed by atoms with van der Waals surface area (Å²) in [5.41, 5.74) is 0.959. The minimum absolute atomic E-state index is 0.0677. The zero-order chi connectivity index (χ0) is 18.6. The predicted molar refractivity (Wildman–Crippen MR) is 98.6 cm³/mol. The summed E-state index contributed by atoms with van der Waals surface area (Å²) in [6.45, 7) is 2.07. The molecule has 1 aromatic carbocycles. The molecule has 2 N–H and O–H groups in total. The normalized spacial score (nSPS) is 16.1. The minimum Gasteiger partial charge on any atom is -0.355 e. The molecular weight excluding hydrogens is 330 g/mol. The van der Waals surface area contributed by atoms with Gasteiger partial charge in [-0.3, -0.25) is 14.3 Å². The van der Waals surface area contributed by atoms with Gasteiger partial charge in [0.25, 0.3) is 11.8 Å². The van der Waals surface area contributed by atoms with Gasteiger partial charge in [0.05, 0.1) is 0 Å². The molecule has 0 atom stereocenters. The second-order valence-electron chi connectivity index (χ2n) is 6.67. The van der Waals surface area contributed by atoms with Gasteiger partial charge >= 0.3 is 0 Å². The lowest BCUT2D eigenvalue weighted by Crippen LogP contribution is -2.54. The van der Waals surface area contributed by atoms with Crippen LogP contribution in [0.25, 0.3) is 0 Å². The highest BCUT2D eigenvalue weighted by atomic mass is 16.2. The highest BCUT2D eigenvalue weighted by molar-refractivity contribution is 5.94. The van der Waals surface area contributed by atoms with E-state index in [1.54, 1.807) is 35.0 Å². The lowest BCUT2D eigenvalue weighted by Gasteiger charge is -2.39. The van der Waals surface area contributed by atoms with Gasteiger partial charge in [0.2, 0.25) is 0 Å². The second-order valence-corrected chi connectivity index (χ2v) is 6.67. The molecule has 26 heavy (non-hydrogen) atoms. The van der Waals surface area contributed by atoms with Crippen LogP contribution in [0.4, 0.5) is 0 Å². The SMILES string of the molecule is CNC(=O)c1ccc(CN(C)C(=O)C2(n3cccn3)CCNCC2)cc1. The Morgan fingerprint density at radius 1 is 1.27 bits per heavy atom. The predicted octanol–water partition coefficient (Wildman–Crippen LogP) is 0.980. The van der Waals surface area contributed by atoms with E-state index < -0.39 is 5.54 Å². The highest BCUT2D eigenvalue weighted by Gasteiger charge is 2.43. The van der Waals surface area contributed by atoms with Crippen molar-refractivity contribution >= 4 is 11.8 Å². The molecule has 3 rings (SSSR count). The number of aromatic nitrogens is 2. The van der Waals surface area contributed by atoms with Crippen molar-refractivity contribution in [2.45, 2.75) is 24.9 Å². The summed E-state index contributed by atoms with van der Waals surface area (Å²) in [7, 11) is 3.43. The Kier molecular flexibility index (Phi) is 5.37. The van der Waals surface area contributed by atoms with E-state index in [9.17, 15) is 9.59 Å². The quantitative estimate of drug-likeness (QED) is 0.838. The van der Waals surface area contributed by atoms with Gasteiger partial charge in [-0.2, -0.15) is 5.10 Å². The van der Waals surface area contributed by atoms with Gasteiger partial charge in [0.1, 0.15) is 5.54 Å². The molecule has 1 fully saturated rings. The maximum absolute atomic E-state index is 13.3. The third-order valence-corrected chi connectivity index (χ3v) is 4.98. The van der Waals surface area contributed by atoms with Gasteiger partial charge in [0.15, 0.2) is 0 Å². The molecule has 2 aromatic rings. The molecule has 2 heterocycles. The van der Waals surface area contributed by atoms with Gasteiger partial charge in [-0.15, -0.1) is 0 Å². The second kappa shape index (κ2) is 7.70. The Hall–Kier alpha value is -2.67. The molecule has 1 aliphatic heterocycles. The summed E-state index contributed by atoms with van der Waals surface area (Å²) in [5.74, 6) is -0.0496. The van der Waals surface area contributed by atoms with Gasteiger partial charge in [-0.05, 0) is 49.7 Å². The van der Waals surface area contributed by atoms with Crippen LogP contribution in [0, 0.1) is 0 Å². The van der Waals surface area contributed by atoms with E-state index in [0.717, 1.165) is 18.7 Å². The number of nitrogens with zero attached hydrogens (tertiary/aromatic N) is 3. The molecule has 1 aromatic heterocycles. The van der Waals surface area contributed by atoms with Crippen molar-refractivity contribution in [1.82, 2.24) is 25.3 Å². The Labute approximate surface area is 153 Å². The number of nitrogens with one attached hydrogen (secondary N) is 2. The molecular formula is C19H25N5O2. The standard InChI is InChI=1S/C19H25N5O2/c1-20-17(25)16-6-4-15(5-7-16)14-23(2)18(26)19(8-11-21-12-9-19)24-13-3-10-22-24/h3-7,10,13,21H,8-9,11-12,14H2,1-2H3,(H,20,25). The number of carbonyl (C=O) groups is 2. The summed E-state index contributed by atoms with van der Waals surface area (Å²) in [5, 5.41) is 10.3. The molecule has 0 bridgehead atoms. The Morgan fingerprint density at radius 3 is 2.54 bits per heavy atom. The number of rotatable bonds is 5. The number of likely N-dealkylation sites (N-methyl/N-ethyl adjacent to an activating group) is 1. The van der Waals surface area contributed by atoms with Crippen LogP contribution >= 0.6 is 0 Å². The van der Waals surface area contributed by atoms with Gasteiger partial charge in [0, 0.05) is 38.6 Å². The Morgan fingerprint density at radius 2 is 1.96 bits per heavy atom. The molecule has 7 nitrogen and oxygen atoms in total. The average molecular weight is 355 g/mol. The van der Waals surface area contributed by atoms with Gasteiger partial charge in [-0.1, -0.05) is 12.1 Å². The zero-order valence-electron chi connectivity index (χ0n) is 15.2. The van der Waals surface area contributed by atoms with Crippen LogP contribution in [0.3, 0.4) is 0 Å². The highest BCUT2D eigenvalue weighted by Crippen LogP contribution is 2.29. The monoisotopic (exact) mass is 355 g/mol. The van der Waals surface area contributed by atoms with E-state index in [4.69, 9.17) is 0 Å². The van der Waals surface area contributed by atoms with Crippen LogP contribution in [0.5, 0.6) is 0 Å². The van der Waals surface area contributed by atoms with Crippen LogP contribution < -0.4 is 10.6 Å². The molecule has 1 saturated heterocycles. The number of carbonyl (C=O) groups excluding carboxylic acids is 2. The van der Waals surface area contributed by atoms with Crippen LogP contribution in [-0.4, -0.2) is 53.7 Å². The fourth-order valence-corrected chi connectivity index (χ4v) is 3.51. The van der Waals surface area contributed by atoms with Crippen molar-refractivity contribution in [3.8, 4) is 0 Å². The molecule has 0 unspecified atom stereocenters. The summed E-state index contributed by atoms with van der Waals surface area (Å²) >= 11 is 0.